The van der Waals surface area contributed by atoms with Crippen LogP contribution in [0.15, 0.2) is 90.6 Å². The van der Waals surface area contributed by atoms with E-state index in [0.717, 1.165) is 29.3 Å². The van der Waals surface area contributed by atoms with Gasteiger partial charge in [-0.1, -0.05) is 72.8 Å². The van der Waals surface area contributed by atoms with E-state index in [0.29, 0.717) is 0 Å². The van der Waals surface area contributed by atoms with Crippen LogP contribution >= 0.6 is 0 Å². The maximum Gasteiger partial charge on any atom is 0.431 e. The molecule has 3 rings (SSSR count). The molecule has 29 heavy (non-hydrogen) atoms. The molecule has 150 valence electrons. The van der Waals surface area contributed by atoms with E-state index in [2.05, 4.69) is 0 Å². The summed E-state index contributed by atoms with van der Waals surface area (Å²) < 4.78 is 55.6. The Balaban J connectivity index is 2.08. The Hall–Kier alpha value is -3.08. The van der Waals surface area contributed by atoms with E-state index in [1.165, 1.54) is 17.0 Å². The van der Waals surface area contributed by atoms with Crippen molar-refractivity contribution >= 4 is 6.08 Å². The standard InChI is InChI=1S/C24H21F4N/c1-18(21-10-6-3-7-11-21)29(17-20-8-4-2-5-9-20)23(24(26,27)28)16-19-12-14-22(25)15-13-19/h2-16,18H,17H2,1H3/b23-16-. The zero-order valence-electron chi connectivity index (χ0n) is 15.9. The molecule has 0 bridgehead atoms. The lowest BCUT2D eigenvalue weighted by molar-refractivity contribution is -0.114. The summed E-state index contributed by atoms with van der Waals surface area (Å²) in [7, 11) is 0. The first-order valence-electron chi connectivity index (χ1n) is 9.24. The molecule has 0 heterocycles. The van der Waals surface area contributed by atoms with Crippen LogP contribution in [0.4, 0.5) is 17.6 Å². The summed E-state index contributed by atoms with van der Waals surface area (Å²) in [4.78, 5) is 1.34. The van der Waals surface area contributed by atoms with Crippen LogP contribution in [0.25, 0.3) is 6.08 Å². The Labute approximate surface area is 167 Å². The maximum absolute atomic E-state index is 14.1. The van der Waals surface area contributed by atoms with Gasteiger partial charge in [-0.15, -0.1) is 0 Å². The lowest BCUT2D eigenvalue weighted by Gasteiger charge is -2.35. The van der Waals surface area contributed by atoms with Gasteiger partial charge in [0, 0.05) is 6.54 Å². The molecular formula is C24H21F4N. The Morgan fingerprint density at radius 3 is 1.97 bits per heavy atom. The number of halogens is 4. The zero-order chi connectivity index (χ0) is 20.9. The van der Waals surface area contributed by atoms with Gasteiger partial charge in [0.1, 0.15) is 11.5 Å². The van der Waals surface area contributed by atoms with Gasteiger partial charge in [0.25, 0.3) is 0 Å². The predicted octanol–water partition coefficient (Wildman–Crippen LogP) is 6.99. The molecule has 0 saturated carbocycles. The van der Waals surface area contributed by atoms with E-state index in [1.54, 1.807) is 31.2 Å². The van der Waals surface area contributed by atoms with Crippen LogP contribution in [0.5, 0.6) is 0 Å². The Bertz CT molecular complexity index is 932. The van der Waals surface area contributed by atoms with Crippen LogP contribution < -0.4 is 0 Å². The lowest BCUT2D eigenvalue weighted by Crippen LogP contribution is -2.33. The molecule has 0 amide bonds. The second kappa shape index (κ2) is 8.95. The molecule has 1 atom stereocenters. The van der Waals surface area contributed by atoms with Gasteiger partial charge in [0.2, 0.25) is 0 Å². The molecule has 0 aliphatic carbocycles. The van der Waals surface area contributed by atoms with Gasteiger partial charge >= 0.3 is 6.18 Å². The largest absolute Gasteiger partial charge is 0.431 e. The minimum Gasteiger partial charge on any atom is -0.356 e. The molecular weight excluding hydrogens is 378 g/mol. The number of benzene rings is 3. The first-order valence-corrected chi connectivity index (χ1v) is 9.24. The fraction of sp³-hybridized carbons (Fsp3) is 0.167. The zero-order valence-corrected chi connectivity index (χ0v) is 15.9. The van der Waals surface area contributed by atoms with E-state index in [4.69, 9.17) is 0 Å². The predicted molar refractivity (Wildman–Crippen MR) is 107 cm³/mol. The lowest BCUT2D eigenvalue weighted by atomic mass is 10.0. The van der Waals surface area contributed by atoms with Crippen molar-refractivity contribution in [1.29, 1.82) is 0 Å². The fourth-order valence-corrected chi connectivity index (χ4v) is 3.17. The monoisotopic (exact) mass is 399 g/mol. The Morgan fingerprint density at radius 1 is 0.862 bits per heavy atom. The van der Waals surface area contributed by atoms with Crippen molar-refractivity contribution in [2.45, 2.75) is 25.7 Å². The Kier molecular flexibility index (Phi) is 6.37. The van der Waals surface area contributed by atoms with Gasteiger partial charge in [-0.05, 0) is 41.8 Å². The normalized spacial score (nSPS) is 13.2. The van der Waals surface area contributed by atoms with Crippen LogP contribution in [-0.4, -0.2) is 11.1 Å². The van der Waals surface area contributed by atoms with Crippen molar-refractivity contribution < 1.29 is 17.6 Å². The van der Waals surface area contributed by atoms with Gasteiger partial charge in [-0.3, -0.25) is 0 Å². The van der Waals surface area contributed by atoms with E-state index in [1.807, 2.05) is 36.4 Å². The minimum atomic E-state index is -4.58. The molecule has 3 aromatic carbocycles. The SMILES string of the molecule is CC(c1ccccc1)N(Cc1ccccc1)/C(=C\c1ccc(F)cc1)C(F)(F)F. The van der Waals surface area contributed by atoms with Gasteiger partial charge in [0.05, 0.1) is 6.04 Å². The third-order valence-electron chi connectivity index (χ3n) is 4.72. The smallest absolute Gasteiger partial charge is 0.356 e. The molecule has 0 aromatic heterocycles. The summed E-state index contributed by atoms with van der Waals surface area (Å²) in [6.07, 6.45) is -3.51. The summed E-state index contributed by atoms with van der Waals surface area (Å²) in [6, 6.07) is 22.6. The molecule has 0 aliphatic rings. The second-order valence-electron chi connectivity index (χ2n) is 6.78. The average Bonchev–Trinajstić information content (AvgIpc) is 2.72. The molecule has 1 nitrogen and oxygen atoms in total. The van der Waals surface area contributed by atoms with Crippen LogP contribution in [0.1, 0.15) is 29.7 Å². The van der Waals surface area contributed by atoms with Crippen molar-refractivity contribution in [3.05, 3.63) is 113 Å². The quantitative estimate of drug-likeness (QED) is 0.404. The molecule has 0 fully saturated rings. The molecule has 0 saturated heterocycles. The van der Waals surface area contributed by atoms with Gasteiger partial charge in [-0.2, -0.15) is 13.2 Å². The van der Waals surface area contributed by atoms with Gasteiger partial charge < -0.3 is 4.90 Å². The maximum atomic E-state index is 14.1. The minimum absolute atomic E-state index is 0.0867. The average molecular weight is 399 g/mol. The second-order valence-corrected chi connectivity index (χ2v) is 6.78. The number of hydrogen-bond donors (Lipinski definition) is 0. The third-order valence-corrected chi connectivity index (χ3v) is 4.72. The molecule has 3 aromatic rings. The summed E-state index contributed by atoms with van der Waals surface area (Å²) in [5.74, 6) is -0.491. The summed E-state index contributed by atoms with van der Waals surface area (Å²) in [5.41, 5.74) is 1.06. The highest BCUT2D eigenvalue weighted by molar-refractivity contribution is 5.54. The number of nitrogens with zero attached hydrogens (tertiary/aromatic N) is 1. The van der Waals surface area contributed by atoms with Crippen molar-refractivity contribution in [3.63, 3.8) is 0 Å². The van der Waals surface area contributed by atoms with Crippen LogP contribution in [0, 0.1) is 5.82 Å². The molecule has 0 N–H and O–H groups in total. The topological polar surface area (TPSA) is 3.24 Å². The molecule has 5 heteroatoms. The first kappa shape index (κ1) is 20.6. The van der Waals surface area contributed by atoms with E-state index < -0.39 is 23.7 Å². The molecule has 0 aliphatic heterocycles. The van der Waals surface area contributed by atoms with Crippen LogP contribution in [-0.2, 0) is 6.54 Å². The van der Waals surface area contributed by atoms with Crippen molar-refractivity contribution in [1.82, 2.24) is 4.90 Å². The van der Waals surface area contributed by atoms with Gasteiger partial charge in [-0.25, -0.2) is 4.39 Å². The van der Waals surface area contributed by atoms with Gasteiger partial charge in [0.15, 0.2) is 0 Å². The van der Waals surface area contributed by atoms with E-state index in [-0.39, 0.29) is 12.1 Å². The molecule has 1 unspecified atom stereocenters. The number of hydrogen-bond acceptors (Lipinski definition) is 1. The van der Waals surface area contributed by atoms with Crippen molar-refractivity contribution in [2.75, 3.05) is 0 Å². The Morgan fingerprint density at radius 2 is 1.41 bits per heavy atom. The van der Waals surface area contributed by atoms with E-state index in [9.17, 15) is 17.6 Å². The highest BCUT2D eigenvalue weighted by Crippen LogP contribution is 2.37. The molecule has 0 radical (unpaired) electrons. The van der Waals surface area contributed by atoms with Crippen LogP contribution in [0.2, 0.25) is 0 Å². The first-order chi connectivity index (χ1) is 13.8. The third kappa shape index (κ3) is 5.47. The fourth-order valence-electron chi connectivity index (χ4n) is 3.17. The number of alkyl halides is 3. The van der Waals surface area contributed by atoms with E-state index >= 15 is 0 Å². The summed E-state index contributed by atoms with van der Waals surface area (Å²) in [5, 5.41) is 0. The highest BCUT2D eigenvalue weighted by atomic mass is 19.4. The highest BCUT2D eigenvalue weighted by Gasteiger charge is 2.39. The summed E-state index contributed by atoms with van der Waals surface area (Å²) >= 11 is 0. The van der Waals surface area contributed by atoms with Crippen molar-refractivity contribution in [3.8, 4) is 0 Å². The summed E-state index contributed by atoms with van der Waals surface area (Å²) in [6.45, 7) is 1.84. The number of rotatable bonds is 6. The molecule has 0 spiro atoms. The number of allylic oxidation sites excluding steroid dienone is 1. The van der Waals surface area contributed by atoms with Crippen molar-refractivity contribution in [2.24, 2.45) is 0 Å². The van der Waals surface area contributed by atoms with Crippen LogP contribution in [0.3, 0.4) is 0 Å².